The molecule has 1 atom stereocenters. The summed E-state index contributed by atoms with van der Waals surface area (Å²) in [6.07, 6.45) is 0. The van der Waals surface area contributed by atoms with Crippen LogP contribution in [0.3, 0.4) is 0 Å². The van der Waals surface area contributed by atoms with Gasteiger partial charge >= 0.3 is 5.97 Å². The standard InChI is InChI=1S/C23H23FN4O3S/c1-4-31-21(29)19-14(2)25-22-26-23(32-13-16-8-5-6-11-18(16)24)27-28(22)20(19)15-9-7-10-17(12-15)30-3/h5-12,20H,4,13H2,1-3H3,(H,25,26,27). The molecular formula is C23H23FN4O3S. The van der Waals surface area contributed by atoms with E-state index in [0.29, 0.717) is 39.4 Å². The molecule has 4 rings (SSSR count). The number of hydrogen-bond donors (Lipinski definition) is 1. The Morgan fingerprint density at radius 2 is 2.06 bits per heavy atom. The molecule has 0 spiro atoms. The summed E-state index contributed by atoms with van der Waals surface area (Å²) >= 11 is 1.32. The number of nitrogens with zero attached hydrogens (tertiary/aromatic N) is 3. The molecule has 1 unspecified atom stereocenters. The van der Waals surface area contributed by atoms with Crippen LogP contribution in [-0.4, -0.2) is 34.5 Å². The SMILES string of the molecule is CCOC(=O)C1=C(C)Nc2nc(SCc3ccccc3F)nn2C1c1cccc(OC)c1. The number of nitrogens with one attached hydrogen (secondary N) is 1. The highest BCUT2D eigenvalue weighted by Crippen LogP contribution is 2.38. The molecule has 7 nitrogen and oxygen atoms in total. The molecule has 0 saturated heterocycles. The van der Waals surface area contributed by atoms with Gasteiger partial charge in [0.1, 0.15) is 17.6 Å². The van der Waals surface area contributed by atoms with E-state index in [9.17, 15) is 9.18 Å². The predicted octanol–water partition coefficient (Wildman–Crippen LogP) is 4.57. The molecule has 1 aliphatic rings. The highest BCUT2D eigenvalue weighted by atomic mass is 32.2. The van der Waals surface area contributed by atoms with Crippen LogP contribution in [0, 0.1) is 5.82 Å². The number of fused-ring (bicyclic) bond motifs is 1. The number of carbonyl (C=O) groups is 1. The third-order valence-electron chi connectivity index (χ3n) is 5.05. The Hall–Kier alpha value is -3.33. The van der Waals surface area contributed by atoms with Crippen molar-refractivity contribution in [3.8, 4) is 5.75 Å². The Balaban J connectivity index is 1.72. The number of rotatable bonds is 7. The van der Waals surface area contributed by atoms with E-state index in [2.05, 4.69) is 15.4 Å². The quantitative estimate of drug-likeness (QED) is 0.414. The van der Waals surface area contributed by atoms with E-state index in [0.717, 1.165) is 5.56 Å². The maximum atomic E-state index is 14.0. The van der Waals surface area contributed by atoms with Crippen molar-refractivity contribution in [1.82, 2.24) is 14.8 Å². The van der Waals surface area contributed by atoms with Gasteiger partial charge in [0.05, 0.1) is 19.3 Å². The van der Waals surface area contributed by atoms with Gasteiger partial charge in [0.25, 0.3) is 0 Å². The predicted molar refractivity (Wildman–Crippen MR) is 120 cm³/mol. The summed E-state index contributed by atoms with van der Waals surface area (Å²) in [6.45, 7) is 3.83. The minimum atomic E-state index is -0.546. The van der Waals surface area contributed by atoms with Crippen LogP contribution >= 0.6 is 11.8 Å². The Labute approximate surface area is 189 Å². The van der Waals surface area contributed by atoms with Crippen LogP contribution in [-0.2, 0) is 15.3 Å². The van der Waals surface area contributed by atoms with E-state index in [1.807, 2.05) is 31.2 Å². The number of benzene rings is 2. The average Bonchev–Trinajstić information content (AvgIpc) is 3.20. The number of halogens is 1. The molecule has 0 aliphatic carbocycles. The summed E-state index contributed by atoms with van der Waals surface area (Å²) in [4.78, 5) is 17.4. The fraction of sp³-hybridized carbons (Fsp3) is 0.261. The van der Waals surface area contributed by atoms with Crippen LogP contribution < -0.4 is 10.1 Å². The lowest BCUT2D eigenvalue weighted by Gasteiger charge is -2.28. The van der Waals surface area contributed by atoms with E-state index < -0.39 is 12.0 Å². The number of aromatic nitrogens is 3. The summed E-state index contributed by atoms with van der Waals surface area (Å²) in [5.74, 6) is 0.861. The highest BCUT2D eigenvalue weighted by molar-refractivity contribution is 7.98. The molecule has 0 amide bonds. The molecule has 0 bridgehead atoms. The van der Waals surface area contributed by atoms with Crippen molar-refractivity contribution < 1.29 is 18.7 Å². The smallest absolute Gasteiger partial charge is 0.338 e. The Morgan fingerprint density at radius 1 is 1.25 bits per heavy atom. The van der Waals surface area contributed by atoms with E-state index in [1.165, 1.54) is 17.8 Å². The molecule has 1 N–H and O–H groups in total. The Bertz CT molecular complexity index is 1180. The van der Waals surface area contributed by atoms with Crippen LogP contribution in [0.1, 0.15) is 31.0 Å². The first-order valence-electron chi connectivity index (χ1n) is 10.1. The summed E-state index contributed by atoms with van der Waals surface area (Å²) in [5.41, 5.74) is 2.47. The third kappa shape index (κ3) is 4.34. The lowest BCUT2D eigenvalue weighted by molar-refractivity contribution is -0.139. The summed E-state index contributed by atoms with van der Waals surface area (Å²) in [5, 5.41) is 8.27. The topological polar surface area (TPSA) is 78.3 Å². The number of anilines is 1. The van der Waals surface area contributed by atoms with E-state index >= 15 is 0 Å². The van der Waals surface area contributed by atoms with Crippen molar-refractivity contribution in [3.63, 3.8) is 0 Å². The van der Waals surface area contributed by atoms with Crippen LogP contribution in [0.4, 0.5) is 10.3 Å². The number of thioether (sulfide) groups is 1. The molecule has 2 aromatic carbocycles. The zero-order valence-electron chi connectivity index (χ0n) is 18.0. The number of allylic oxidation sites excluding steroid dienone is 1. The molecule has 9 heteroatoms. The van der Waals surface area contributed by atoms with Gasteiger partial charge in [-0.2, -0.15) is 4.98 Å². The highest BCUT2D eigenvalue weighted by Gasteiger charge is 2.35. The van der Waals surface area contributed by atoms with Gasteiger partial charge in [-0.15, -0.1) is 5.10 Å². The van der Waals surface area contributed by atoms with Gasteiger partial charge in [-0.05, 0) is 43.2 Å². The molecule has 2 heterocycles. The van der Waals surface area contributed by atoms with E-state index in [-0.39, 0.29) is 12.4 Å². The van der Waals surface area contributed by atoms with Crippen LogP contribution in [0.15, 0.2) is 65.0 Å². The number of esters is 1. The Morgan fingerprint density at radius 3 is 2.81 bits per heavy atom. The normalized spacial score (nSPS) is 15.2. The minimum absolute atomic E-state index is 0.258. The number of methoxy groups -OCH3 is 1. The van der Waals surface area contributed by atoms with Gasteiger partial charge in [-0.1, -0.05) is 42.1 Å². The monoisotopic (exact) mass is 454 g/mol. The van der Waals surface area contributed by atoms with Gasteiger partial charge in [-0.25, -0.2) is 13.9 Å². The second kappa shape index (κ2) is 9.44. The first-order valence-corrected chi connectivity index (χ1v) is 11.1. The van der Waals surface area contributed by atoms with Crippen LogP contribution in [0.2, 0.25) is 0 Å². The third-order valence-corrected chi connectivity index (χ3v) is 5.94. The molecule has 1 aliphatic heterocycles. The van der Waals surface area contributed by atoms with Crippen molar-refractivity contribution >= 4 is 23.7 Å². The number of carbonyl (C=O) groups excluding carboxylic acids is 1. The molecule has 3 aromatic rings. The lowest BCUT2D eigenvalue weighted by atomic mass is 9.95. The molecule has 1 aromatic heterocycles. The molecular weight excluding hydrogens is 431 g/mol. The Kier molecular flexibility index (Phi) is 6.45. The maximum absolute atomic E-state index is 14.0. The van der Waals surface area contributed by atoms with Gasteiger partial charge in [0.15, 0.2) is 0 Å². The summed E-state index contributed by atoms with van der Waals surface area (Å²) in [7, 11) is 1.59. The van der Waals surface area contributed by atoms with Crippen molar-refractivity contribution in [3.05, 3.63) is 76.7 Å². The number of ether oxygens (including phenoxy) is 2. The van der Waals surface area contributed by atoms with E-state index in [1.54, 1.807) is 36.9 Å². The van der Waals surface area contributed by atoms with Crippen molar-refractivity contribution in [1.29, 1.82) is 0 Å². The van der Waals surface area contributed by atoms with Gasteiger partial charge in [0, 0.05) is 11.4 Å². The van der Waals surface area contributed by atoms with Crippen molar-refractivity contribution in [2.24, 2.45) is 0 Å². The van der Waals surface area contributed by atoms with Crippen molar-refractivity contribution in [2.75, 3.05) is 19.0 Å². The summed E-state index contributed by atoms with van der Waals surface area (Å²) < 4.78 is 26.4. The average molecular weight is 455 g/mol. The molecule has 0 saturated carbocycles. The van der Waals surface area contributed by atoms with Crippen molar-refractivity contribution in [2.45, 2.75) is 30.8 Å². The first-order chi connectivity index (χ1) is 15.5. The molecule has 0 fully saturated rings. The van der Waals surface area contributed by atoms with Crippen LogP contribution in [0.25, 0.3) is 0 Å². The molecule has 32 heavy (non-hydrogen) atoms. The fourth-order valence-electron chi connectivity index (χ4n) is 3.54. The van der Waals surface area contributed by atoms with E-state index in [4.69, 9.17) is 9.47 Å². The second-order valence-electron chi connectivity index (χ2n) is 7.11. The fourth-order valence-corrected chi connectivity index (χ4v) is 4.36. The maximum Gasteiger partial charge on any atom is 0.338 e. The lowest BCUT2D eigenvalue weighted by Crippen LogP contribution is -2.29. The molecule has 166 valence electrons. The van der Waals surface area contributed by atoms with Gasteiger partial charge in [-0.3, -0.25) is 0 Å². The second-order valence-corrected chi connectivity index (χ2v) is 8.05. The molecule has 0 radical (unpaired) electrons. The van der Waals surface area contributed by atoms with Gasteiger partial charge < -0.3 is 14.8 Å². The summed E-state index contributed by atoms with van der Waals surface area (Å²) in [6, 6.07) is 13.5. The zero-order chi connectivity index (χ0) is 22.7. The number of hydrogen-bond acceptors (Lipinski definition) is 7. The first kappa shape index (κ1) is 21.9. The van der Waals surface area contributed by atoms with Crippen LogP contribution in [0.5, 0.6) is 5.75 Å². The van der Waals surface area contributed by atoms with Gasteiger partial charge in [0.2, 0.25) is 11.1 Å². The zero-order valence-corrected chi connectivity index (χ0v) is 18.8. The minimum Gasteiger partial charge on any atom is -0.497 e. The largest absolute Gasteiger partial charge is 0.497 e.